The van der Waals surface area contributed by atoms with Crippen LogP contribution in [-0.2, 0) is 6.42 Å². The van der Waals surface area contributed by atoms with Crippen LogP contribution >= 0.6 is 0 Å². The lowest BCUT2D eigenvalue weighted by molar-refractivity contribution is 0.777. The van der Waals surface area contributed by atoms with Crippen molar-refractivity contribution in [2.75, 3.05) is 0 Å². The Kier molecular flexibility index (Phi) is 3.79. The van der Waals surface area contributed by atoms with Gasteiger partial charge in [0.15, 0.2) is 5.82 Å². The first-order chi connectivity index (χ1) is 13.5. The summed E-state index contributed by atoms with van der Waals surface area (Å²) in [5.41, 5.74) is 4.61. The number of rotatable bonds is 4. The van der Waals surface area contributed by atoms with E-state index in [4.69, 9.17) is 9.97 Å². The monoisotopic (exact) mass is 373 g/mol. The lowest BCUT2D eigenvalue weighted by Crippen LogP contribution is -2.06. The number of hydrogen-bond donors (Lipinski definition) is 0. The summed E-state index contributed by atoms with van der Waals surface area (Å²) in [7, 11) is 0. The topological polar surface area (TPSA) is 73.8 Å². The molecule has 4 heterocycles. The van der Waals surface area contributed by atoms with Crippen LogP contribution in [-0.4, -0.2) is 34.1 Å². The molecule has 0 spiro atoms. The van der Waals surface area contributed by atoms with Crippen LogP contribution in [0, 0.1) is 20.8 Å². The highest BCUT2D eigenvalue weighted by atomic mass is 15.4. The summed E-state index contributed by atoms with van der Waals surface area (Å²) >= 11 is 0. The van der Waals surface area contributed by atoms with Gasteiger partial charge in [0.05, 0.1) is 11.4 Å². The molecule has 142 valence electrons. The first kappa shape index (κ1) is 17.0. The Morgan fingerprint density at radius 2 is 1.86 bits per heavy atom. The Labute approximate surface area is 163 Å². The van der Waals surface area contributed by atoms with E-state index >= 15 is 0 Å². The number of nitrogens with zero attached hydrogens (tertiary/aromatic N) is 7. The Balaban J connectivity index is 1.52. The largest absolute Gasteiger partial charge is 0.304 e. The average molecular weight is 373 g/mol. The van der Waals surface area contributed by atoms with Crippen molar-refractivity contribution in [2.45, 2.75) is 52.4 Å². The van der Waals surface area contributed by atoms with Crippen molar-refractivity contribution in [1.82, 2.24) is 34.1 Å². The van der Waals surface area contributed by atoms with Crippen LogP contribution in [0.3, 0.4) is 0 Å². The van der Waals surface area contributed by atoms with Crippen molar-refractivity contribution < 1.29 is 0 Å². The van der Waals surface area contributed by atoms with Gasteiger partial charge in [-0.05, 0) is 45.7 Å². The van der Waals surface area contributed by atoms with E-state index in [1.807, 2.05) is 26.8 Å². The van der Waals surface area contributed by atoms with Crippen molar-refractivity contribution in [3.8, 4) is 5.82 Å². The van der Waals surface area contributed by atoms with Crippen LogP contribution in [0.1, 0.15) is 59.7 Å². The van der Waals surface area contributed by atoms with Gasteiger partial charge in [-0.3, -0.25) is 0 Å². The highest BCUT2D eigenvalue weighted by molar-refractivity contribution is 5.47. The number of aromatic nitrogens is 7. The summed E-state index contributed by atoms with van der Waals surface area (Å²) in [5, 5.41) is 4.48. The fourth-order valence-electron chi connectivity index (χ4n) is 4.15. The number of hydrogen-bond acceptors (Lipinski definition) is 5. The zero-order chi connectivity index (χ0) is 19.4. The minimum Gasteiger partial charge on any atom is -0.304 e. The summed E-state index contributed by atoms with van der Waals surface area (Å²) in [6, 6.07) is 8.23. The van der Waals surface area contributed by atoms with Crippen molar-refractivity contribution in [1.29, 1.82) is 0 Å². The number of fused-ring (bicyclic) bond motifs is 1. The SMILES string of the molecule is CCc1c(C2CC2c2cc(-n3nc(C)nc3C)nc(C)n2)nc2ccccn12. The number of aryl methyl sites for hydroxylation is 4. The van der Waals surface area contributed by atoms with Gasteiger partial charge < -0.3 is 4.40 Å². The van der Waals surface area contributed by atoms with Gasteiger partial charge in [-0.15, -0.1) is 5.10 Å². The summed E-state index contributed by atoms with van der Waals surface area (Å²) < 4.78 is 4.01. The normalized spacial score (nSPS) is 18.7. The molecule has 0 aromatic carbocycles. The van der Waals surface area contributed by atoms with Gasteiger partial charge in [-0.25, -0.2) is 19.9 Å². The van der Waals surface area contributed by atoms with E-state index in [9.17, 15) is 0 Å². The molecule has 0 saturated heterocycles. The van der Waals surface area contributed by atoms with Gasteiger partial charge in [-0.2, -0.15) is 4.68 Å². The summed E-state index contributed by atoms with van der Waals surface area (Å²) in [4.78, 5) is 18.6. The Morgan fingerprint density at radius 3 is 2.61 bits per heavy atom. The smallest absolute Gasteiger partial charge is 0.159 e. The minimum absolute atomic E-state index is 0.376. The molecule has 0 amide bonds. The van der Waals surface area contributed by atoms with E-state index in [1.54, 1.807) is 4.68 Å². The minimum atomic E-state index is 0.376. The molecule has 1 saturated carbocycles. The first-order valence-corrected chi connectivity index (χ1v) is 9.77. The fraction of sp³-hybridized carbons (Fsp3) is 0.381. The van der Waals surface area contributed by atoms with E-state index in [0.29, 0.717) is 11.8 Å². The zero-order valence-corrected chi connectivity index (χ0v) is 16.6. The molecule has 0 bridgehead atoms. The molecule has 1 fully saturated rings. The van der Waals surface area contributed by atoms with Crippen molar-refractivity contribution >= 4 is 5.65 Å². The van der Waals surface area contributed by atoms with E-state index in [0.717, 1.165) is 47.5 Å². The molecule has 7 heteroatoms. The van der Waals surface area contributed by atoms with Gasteiger partial charge in [0.2, 0.25) is 0 Å². The highest BCUT2D eigenvalue weighted by Crippen LogP contribution is 2.54. The van der Waals surface area contributed by atoms with Crippen LogP contribution < -0.4 is 0 Å². The molecule has 1 aliphatic rings. The maximum absolute atomic E-state index is 4.93. The summed E-state index contributed by atoms with van der Waals surface area (Å²) in [6.07, 6.45) is 4.14. The molecule has 2 atom stereocenters. The summed E-state index contributed by atoms with van der Waals surface area (Å²) in [6.45, 7) is 7.97. The second-order valence-corrected chi connectivity index (χ2v) is 7.49. The lowest BCUT2D eigenvalue weighted by Gasteiger charge is -2.07. The second-order valence-electron chi connectivity index (χ2n) is 7.49. The van der Waals surface area contributed by atoms with Crippen molar-refractivity contribution in [3.63, 3.8) is 0 Å². The van der Waals surface area contributed by atoms with Crippen LogP contribution in [0.15, 0.2) is 30.5 Å². The molecule has 5 rings (SSSR count). The van der Waals surface area contributed by atoms with E-state index in [2.05, 4.69) is 50.8 Å². The molecule has 2 unspecified atom stereocenters. The molecule has 0 N–H and O–H groups in total. The number of pyridine rings is 1. The fourth-order valence-corrected chi connectivity index (χ4v) is 4.15. The molecule has 0 radical (unpaired) electrons. The molecular weight excluding hydrogens is 350 g/mol. The van der Waals surface area contributed by atoms with Crippen molar-refractivity contribution in [3.05, 3.63) is 65.0 Å². The van der Waals surface area contributed by atoms with Gasteiger partial charge in [0, 0.05) is 29.8 Å². The molecule has 4 aromatic rings. The lowest BCUT2D eigenvalue weighted by atomic mass is 10.1. The molecule has 4 aromatic heterocycles. The van der Waals surface area contributed by atoms with E-state index < -0.39 is 0 Å². The van der Waals surface area contributed by atoms with Gasteiger partial charge in [0.1, 0.15) is 23.1 Å². The van der Waals surface area contributed by atoms with E-state index in [1.165, 1.54) is 11.4 Å². The molecule has 1 aliphatic carbocycles. The van der Waals surface area contributed by atoms with Gasteiger partial charge >= 0.3 is 0 Å². The predicted molar refractivity (Wildman–Crippen MR) is 106 cm³/mol. The van der Waals surface area contributed by atoms with Crippen LogP contribution in [0.4, 0.5) is 0 Å². The zero-order valence-electron chi connectivity index (χ0n) is 16.6. The van der Waals surface area contributed by atoms with Crippen LogP contribution in [0.25, 0.3) is 11.5 Å². The molecule has 0 aliphatic heterocycles. The van der Waals surface area contributed by atoms with Gasteiger partial charge in [-0.1, -0.05) is 13.0 Å². The van der Waals surface area contributed by atoms with E-state index in [-0.39, 0.29) is 0 Å². The Bertz CT molecular complexity index is 1190. The molecule has 7 nitrogen and oxygen atoms in total. The van der Waals surface area contributed by atoms with Gasteiger partial charge in [0.25, 0.3) is 0 Å². The third-order valence-electron chi connectivity index (χ3n) is 5.45. The second kappa shape index (κ2) is 6.22. The Morgan fingerprint density at radius 1 is 1.00 bits per heavy atom. The number of imidazole rings is 1. The van der Waals surface area contributed by atoms with Crippen LogP contribution in [0.5, 0.6) is 0 Å². The quantitative estimate of drug-likeness (QED) is 0.548. The predicted octanol–water partition coefficient (Wildman–Crippen LogP) is 3.46. The molecular formula is C21H23N7. The average Bonchev–Trinajstić information content (AvgIpc) is 3.28. The third-order valence-corrected chi connectivity index (χ3v) is 5.45. The summed E-state index contributed by atoms with van der Waals surface area (Å²) in [5.74, 6) is 3.92. The standard InChI is InChI=1S/C21H23N7/c1-5-18-21(25-19-8-6-7-9-27(18)19)16-10-15(16)17-11-20(24-12(2)23-17)28-14(4)22-13(3)26-28/h6-9,11,15-16H,5,10H2,1-4H3. The Hall–Kier alpha value is -3.09. The highest BCUT2D eigenvalue weighted by Gasteiger charge is 2.44. The maximum Gasteiger partial charge on any atom is 0.159 e. The van der Waals surface area contributed by atoms with Crippen molar-refractivity contribution in [2.24, 2.45) is 0 Å². The molecule has 28 heavy (non-hydrogen) atoms. The maximum atomic E-state index is 4.93. The third kappa shape index (κ3) is 2.69. The first-order valence-electron chi connectivity index (χ1n) is 9.77. The van der Waals surface area contributed by atoms with Crippen LogP contribution in [0.2, 0.25) is 0 Å².